The second-order valence-corrected chi connectivity index (χ2v) is 9.62. The molecular formula is C19H18N6S2. The Morgan fingerprint density at radius 3 is 2.96 bits per heavy atom. The summed E-state index contributed by atoms with van der Waals surface area (Å²) >= 11 is 3.54. The minimum atomic E-state index is 0.201. The molecule has 0 fully saturated rings. The fraction of sp³-hybridized carbons (Fsp3) is 0.211. The predicted octanol–water partition coefficient (Wildman–Crippen LogP) is 5.12. The highest BCUT2D eigenvalue weighted by molar-refractivity contribution is 8.00. The van der Waals surface area contributed by atoms with Crippen LogP contribution < -0.4 is 10.6 Å². The molecule has 5 rings (SSSR count). The van der Waals surface area contributed by atoms with Gasteiger partial charge >= 0.3 is 0 Å². The van der Waals surface area contributed by atoms with E-state index in [0.717, 1.165) is 40.3 Å². The largest absolute Gasteiger partial charge is 0.383 e. The van der Waals surface area contributed by atoms with Gasteiger partial charge in [0, 0.05) is 38.5 Å². The molecule has 0 spiro atoms. The summed E-state index contributed by atoms with van der Waals surface area (Å²) in [6.07, 6.45) is 1.73. The molecule has 0 amide bonds. The van der Waals surface area contributed by atoms with Crippen molar-refractivity contribution in [2.45, 2.75) is 23.5 Å². The maximum absolute atomic E-state index is 4.73. The van der Waals surface area contributed by atoms with Crippen LogP contribution in [0.15, 0.2) is 46.1 Å². The minimum absolute atomic E-state index is 0.201. The number of nitrogens with one attached hydrogen (secondary N) is 3. The maximum atomic E-state index is 4.73. The molecule has 1 aliphatic rings. The zero-order valence-corrected chi connectivity index (χ0v) is 16.5. The van der Waals surface area contributed by atoms with Crippen molar-refractivity contribution in [3.05, 3.63) is 41.2 Å². The van der Waals surface area contributed by atoms with Crippen molar-refractivity contribution in [1.82, 2.24) is 20.2 Å². The Labute approximate surface area is 164 Å². The second kappa shape index (κ2) is 6.24. The average molecular weight is 395 g/mol. The molecule has 8 heteroatoms. The summed E-state index contributed by atoms with van der Waals surface area (Å²) in [6, 6.07) is 8.40. The summed E-state index contributed by atoms with van der Waals surface area (Å²) in [6.45, 7) is 5.44. The second-order valence-electron chi connectivity index (χ2n) is 7.09. The normalized spacial score (nSPS) is 15.3. The van der Waals surface area contributed by atoms with Crippen LogP contribution in [0.5, 0.6) is 0 Å². The number of rotatable bonds is 3. The lowest BCUT2D eigenvalue weighted by Crippen LogP contribution is -2.29. The van der Waals surface area contributed by atoms with Crippen LogP contribution in [0.1, 0.15) is 13.8 Å². The molecule has 0 radical (unpaired) electrons. The van der Waals surface area contributed by atoms with Gasteiger partial charge in [-0.3, -0.25) is 5.10 Å². The predicted molar refractivity (Wildman–Crippen MR) is 113 cm³/mol. The Hall–Kier alpha value is -2.58. The zero-order valence-electron chi connectivity index (χ0n) is 14.9. The Balaban J connectivity index is 1.52. The fourth-order valence-corrected chi connectivity index (χ4v) is 4.82. The zero-order chi connectivity index (χ0) is 18.4. The van der Waals surface area contributed by atoms with E-state index in [1.807, 2.05) is 28.6 Å². The first-order valence-corrected chi connectivity index (χ1v) is 10.4. The maximum Gasteiger partial charge on any atom is 0.163 e. The van der Waals surface area contributed by atoms with E-state index in [9.17, 15) is 0 Å². The molecule has 4 aromatic rings. The van der Waals surface area contributed by atoms with E-state index in [2.05, 4.69) is 57.9 Å². The number of thiophene rings is 1. The molecule has 1 aromatic carbocycles. The van der Waals surface area contributed by atoms with Crippen molar-refractivity contribution in [2.75, 3.05) is 17.2 Å². The molecule has 1 aliphatic heterocycles. The van der Waals surface area contributed by atoms with Gasteiger partial charge < -0.3 is 10.6 Å². The minimum Gasteiger partial charge on any atom is -0.383 e. The quantitative estimate of drug-likeness (QED) is 0.447. The first-order valence-electron chi connectivity index (χ1n) is 8.65. The van der Waals surface area contributed by atoms with Gasteiger partial charge in [-0.1, -0.05) is 0 Å². The number of hydrogen-bond donors (Lipinski definition) is 3. The smallest absolute Gasteiger partial charge is 0.163 e. The lowest BCUT2D eigenvalue weighted by Gasteiger charge is -2.31. The number of aromatic amines is 1. The number of aromatic nitrogens is 4. The highest BCUT2D eigenvalue weighted by Gasteiger charge is 2.25. The highest BCUT2D eigenvalue weighted by Crippen LogP contribution is 2.42. The molecule has 6 nitrogen and oxygen atoms in total. The topological polar surface area (TPSA) is 78.5 Å². The number of benzene rings is 1. The summed E-state index contributed by atoms with van der Waals surface area (Å²) in [5, 5.41) is 18.2. The number of H-pyrrole nitrogens is 1. The number of hydrogen-bond acceptors (Lipinski definition) is 7. The molecule has 27 heavy (non-hydrogen) atoms. The van der Waals surface area contributed by atoms with E-state index in [4.69, 9.17) is 4.98 Å². The third-order valence-corrected chi connectivity index (χ3v) is 6.37. The first kappa shape index (κ1) is 16.6. The van der Waals surface area contributed by atoms with E-state index in [0.29, 0.717) is 5.82 Å². The summed E-state index contributed by atoms with van der Waals surface area (Å²) in [4.78, 5) is 10.6. The standard InChI is InChI=1S/C19H18N6S2/c1-19(2)10-20-13-7-12(3-4-15(13)27-19)22-18-16-14(8-21-25-16)23-17(24-18)11-5-6-26-9-11/h3-9,20H,10H2,1-2H3,(H,21,25)(H,22,23,24). The highest BCUT2D eigenvalue weighted by atomic mass is 32.2. The Morgan fingerprint density at radius 1 is 1.19 bits per heavy atom. The monoisotopic (exact) mass is 394 g/mol. The van der Waals surface area contributed by atoms with Gasteiger partial charge in [-0.15, -0.1) is 11.8 Å². The van der Waals surface area contributed by atoms with Gasteiger partial charge in [-0.25, -0.2) is 9.97 Å². The lowest BCUT2D eigenvalue weighted by atomic mass is 10.2. The summed E-state index contributed by atoms with van der Waals surface area (Å²) in [7, 11) is 0. The fourth-order valence-electron chi connectivity index (χ4n) is 3.06. The van der Waals surface area contributed by atoms with Crippen LogP contribution in [0.2, 0.25) is 0 Å². The van der Waals surface area contributed by atoms with E-state index >= 15 is 0 Å². The summed E-state index contributed by atoms with van der Waals surface area (Å²) in [5.74, 6) is 1.42. The number of thioether (sulfide) groups is 1. The van der Waals surface area contributed by atoms with Crippen molar-refractivity contribution in [1.29, 1.82) is 0 Å². The van der Waals surface area contributed by atoms with Crippen molar-refractivity contribution < 1.29 is 0 Å². The average Bonchev–Trinajstić information content (AvgIpc) is 3.33. The SMILES string of the molecule is CC1(C)CNc2cc(Nc3nc(-c4ccsc4)nc4cn[nH]c34)ccc2S1. The van der Waals surface area contributed by atoms with Gasteiger partial charge in [0.05, 0.1) is 6.20 Å². The van der Waals surface area contributed by atoms with E-state index < -0.39 is 0 Å². The molecule has 136 valence electrons. The van der Waals surface area contributed by atoms with Gasteiger partial charge in [0.2, 0.25) is 0 Å². The third-order valence-electron chi connectivity index (χ3n) is 4.41. The van der Waals surface area contributed by atoms with Gasteiger partial charge in [-0.05, 0) is 43.5 Å². The molecule has 0 aliphatic carbocycles. The van der Waals surface area contributed by atoms with Gasteiger partial charge in [-0.2, -0.15) is 16.4 Å². The Kier molecular flexibility index (Phi) is 3.84. The molecule has 0 saturated heterocycles. The van der Waals surface area contributed by atoms with Crippen molar-refractivity contribution in [2.24, 2.45) is 0 Å². The van der Waals surface area contributed by atoms with Crippen LogP contribution in [0.4, 0.5) is 17.2 Å². The van der Waals surface area contributed by atoms with Crippen LogP contribution in [0, 0.1) is 0 Å². The van der Waals surface area contributed by atoms with Crippen molar-refractivity contribution in [3.8, 4) is 11.4 Å². The van der Waals surface area contributed by atoms with E-state index in [1.54, 1.807) is 17.5 Å². The number of anilines is 3. The van der Waals surface area contributed by atoms with E-state index in [-0.39, 0.29) is 4.75 Å². The Bertz CT molecular complexity index is 1120. The number of fused-ring (bicyclic) bond motifs is 2. The van der Waals surface area contributed by atoms with Crippen LogP contribution in [-0.2, 0) is 0 Å². The van der Waals surface area contributed by atoms with Crippen LogP contribution >= 0.6 is 23.1 Å². The van der Waals surface area contributed by atoms with Crippen LogP contribution in [0.25, 0.3) is 22.4 Å². The number of nitrogens with zero attached hydrogens (tertiary/aromatic N) is 3. The van der Waals surface area contributed by atoms with Crippen LogP contribution in [-0.4, -0.2) is 31.5 Å². The van der Waals surface area contributed by atoms with Crippen LogP contribution in [0.3, 0.4) is 0 Å². The van der Waals surface area contributed by atoms with Gasteiger partial charge in [0.25, 0.3) is 0 Å². The molecule has 3 N–H and O–H groups in total. The molecule has 0 bridgehead atoms. The molecule has 3 aromatic heterocycles. The van der Waals surface area contributed by atoms with Gasteiger partial charge in [0.1, 0.15) is 11.0 Å². The summed E-state index contributed by atoms with van der Waals surface area (Å²) in [5.41, 5.74) is 4.74. The molecule has 4 heterocycles. The molecular weight excluding hydrogens is 376 g/mol. The van der Waals surface area contributed by atoms with Crippen molar-refractivity contribution in [3.63, 3.8) is 0 Å². The first-order chi connectivity index (χ1) is 13.1. The van der Waals surface area contributed by atoms with Crippen molar-refractivity contribution >= 4 is 51.3 Å². The molecule has 0 saturated carbocycles. The summed E-state index contributed by atoms with van der Waals surface area (Å²) < 4.78 is 0.201. The lowest BCUT2D eigenvalue weighted by molar-refractivity contribution is 0.739. The molecule has 0 unspecified atom stereocenters. The Morgan fingerprint density at radius 2 is 2.11 bits per heavy atom. The van der Waals surface area contributed by atoms with E-state index in [1.165, 1.54) is 4.90 Å². The van der Waals surface area contributed by atoms with Gasteiger partial charge in [0.15, 0.2) is 11.6 Å². The molecule has 0 atom stereocenters. The third kappa shape index (κ3) is 3.15.